The lowest BCUT2D eigenvalue weighted by atomic mass is 9.82. The molecule has 7 aromatic rings. The predicted molar refractivity (Wildman–Crippen MR) is 188 cm³/mol. The van der Waals surface area contributed by atoms with Gasteiger partial charge in [-0.1, -0.05) is 98.6 Å². The summed E-state index contributed by atoms with van der Waals surface area (Å²) in [5, 5.41) is 10.6. The van der Waals surface area contributed by atoms with E-state index in [2.05, 4.69) is 137 Å². The highest BCUT2D eigenvalue weighted by Crippen LogP contribution is 2.49. The molecule has 0 spiro atoms. The van der Waals surface area contributed by atoms with Crippen LogP contribution in [0.25, 0.3) is 65.3 Å². The van der Waals surface area contributed by atoms with Crippen molar-refractivity contribution in [1.82, 2.24) is 0 Å². The molecule has 2 atom stereocenters. The van der Waals surface area contributed by atoms with Crippen LogP contribution in [0.4, 0.5) is 0 Å². The van der Waals surface area contributed by atoms with Crippen LogP contribution in [0.3, 0.4) is 0 Å². The molecule has 0 saturated heterocycles. The number of rotatable bonds is 3. The predicted octanol–water partition coefficient (Wildman–Crippen LogP) is 11.8. The van der Waals surface area contributed by atoms with Crippen molar-refractivity contribution in [2.75, 3.05) is 5.75 Å². The van der Waals surface area contributed by atoms with Gasteiger partial charge >= 0.3 is 0 Å². The molecule has 0 fully saturated rings. The average molecular weight is 559 g/mol. The van der Waals surface area contributed by atoms with Gasteiger partial charge in [0.25, 0.3) is 0 Å². The van der Waals surface area contributed by atoms with Gasteiger partial charge in [0.15, 0.2) is 0 Å². The first-order valence-electron chi connectivity index (χ1n) is 15.0. The second-order valence-corrected chi connectivity index (χ2v) is 14.0. The Morgan fingerprint density at radius 3 is 1.74 bits per heavy atom. The highest BCUT2D eigenvalue weighted by molar-refractivity contribution is 8.14. The fourth-order valence-electron chi connectivity index (χ4n) is 7.28. The van der Waals surface area contributed by atoms with E-state index < -0.39 is 0 Å². The van der Waals surface area contributed by atoms with Gasteiger partial charge in [-0.15, -0.1) is 0 Å². The van der Waals surface area contributed by atoms with Gasteiger partial charge in [0, 0.05) is 10.8 Å². The molecule has 0 saturated carbocycles. The van der Waals surface area contributed by atoms with E-state index in [0.29, 0.717) is 5.92 Å². The molecule has 8 rings (SSSR count). The van der Waals surface area contributed by atoms with Crippen LogP contribution in [0.5, 0.6) is 0 Å². The Bertz CT molecular complexity index is 2280. The monoisotopic (exact) mass is 558 g/mol. The van der Waals surface area contributed by atoms with Crippen molar-refractivity contribution in [1.29, 1.82) is 0 Å². The Labute approximate surface area is 250 Å². The van der Waals surface area contributed by atoms with Crippen molar-refractivity contribution in [2.45, 2.75) is 38.5 Å². The van der Waals surface area contributed by atoms with E-state index in [0.717, 1.165) is 5.75 Å². The molecule has 4 bridgehead atoms. The van der Waals surface area contributed by atoms with Crippen LogP contribution in [0.1, 0.15) is 42.0 Å². The summed E-state index contributed by atoms with van der Waals surface area (Å²) in [5.74, 6) is 5.91. The summed E-state index contributed by atoms with van der Waals surface area (Å²) >= 11 is 0. The van der Waals surface area contributed by atoms with E-state index >= 15 is 0 Å². The van der Waals surface area contributed by atoms with E-state index in [1.807, 2.05) is 0 Å². The average Bonchev–Trinajstić information content (AvgIpc) is 3.06. The zero-order valence-electron chi connectivity index (χ0n) is 24.7. The summed E-state index contributed by atoms with van der Waals surface area (Å²) in [6.07, 6.45) is 0. The summed E-state index contributed by atoms with van der Waals surface area (Å²) in [7, 11) is -0.0521. The second kappa shape index (κ2) is 9.41. The summed E-state index contributed by atoms with van der Waals surface area (Å²) in [4.78, 5) is 1.33. The number of aryl methyl sites for hydroxylation is 2. The topological polar surface area (TPSA) is 0 Å². The first kappa shape index (κ1) is 25.5. The third kappa shape index (κ3) is 3.60. The maximum atomic E-state index is 4.55. The van der Waals surface area contributed by atoms with E-state index in [1.54, 1.807) is 0 Å². The molecule has 0 nitrogen and oxygen atoms in total. The van der Waals surface area contributed by atoms with Gasteiger partial charge in [-0.3, -0.25) is 0 Å². The zero-order chi connectivity index (χ0) is 28.7. The van der Waals surface area contributed by atoms with Gasteiger partial charge < -0.3 is 0 Å². The molecule has 0 aromatic heterocycles. The molecule has 0 radical (unpaired) electrons. The lowest BCUT2D eigenvalue weighted by Crippen LogP contribution is -1.96. The van der Waals surface area contributed by atoms with Crippen molar-refractivity contribution in [3.8, 4) is 22.3 Å². The molecule has 7 aromatic carbocycles. The third-order valence-corrected chi connectivity index (χ3v) is 11.4. The van der Waals surface area contributed by atoms with Gasteiger partial charge in [-0.2, -0.15) is 10.5 Å². The fourth-order valence-corrected chi connectivity index (χ4v) is 8.16. The first-order valence-corrected chi connectivity index (χ1v) is 16.6. The van der Waals surface area contributed by atoms with Crippen molar-refractivity contribution in [3.05, 3.63) is 125 Å². The molecule has 0 N–H and O–H groups in total. The number of fused-ring (bicyclic) bond motifs is 6. The lowest BCUT2D eigenvalue weighted by molar-refractivity contribution is 0.928. The normalized spacial score (nSPS) is 15.0. The SMILES string of the molecule is C=S(CC)c1ccc2c3c4cc(ccc4c(-c4ccc(C)c5ccccc45)c2c1)C(C)c1ccc2c(C)ccc-3c2c1. The molecular formula is C41H34S. The van der Waals surface area contributed by atoms with Crippen molar-refractivity contribution in [2.24, 2.45) is 0 Å². The Balaban J connectivity index is 1.63. The summed E-state index contributed by atoms with van der Waals surface area (Å²) < 4.78 is 0. The minimum Gasteiger partial charge on any atom is -0.162 e. The molecule has 0 aliphatic heterocycles. The van der Waals surface area contributed by atoms with Crippen LogP contribution >= 0.6 is 10.5 Å². The zero-order valence-corrected chi connectivity index (χ0v) is 25.5. The van der Waals surface area contributed by atoms with Crippen molar-refractivity contribution < 1.29 is 0 Å². The number of hydrogen-bond donors (Lipinski definition) is 0. The standard InChI is InChI=1S/C41H34S/c1-6-42(5)29-15-20-36-39(23-29)40(33-16-11-24(2)30-9-7-8-10-32(30)33)35-19-14-28-22-38(35)41(36)34-17-12-25(3)31-18-13-27(26(28)4)21-37(31)34/h7-23,26H,5-6H2,1-4H3. The van der Waals surface area contributed by atoms with Crippen LogP contribution in [0, 0.1) is 13.8 Å². The smallest absolute Gasteiger partial charge is 0.00614 e. The lowest BCUT2D eigenvalue weighted by Gasteiger charge is -2.21. The minimum absolute atomic E-state index is 0.0521. The molecule has 2 unspecified atom stereocenters. The summed E-state index contributed by atoms with van der Waals surface area (Å²) in [6.45, 7) is 9.05. The fraction of sp³-hybridized carbons (Fsp3) is 0.146. The molecule has 0 amide bonds. The molecule has 0 heterocycles. The molecule has 42 heavy (non-hydrogen) atoms. The van der Waals surface area contributed by atoms with Crippen LogP contribution < -0.4 is 0 Å². The van der Waals surface area contributed by atoms with E-state index in [1.165, 1.54) is 92.5 Å². The van der Waals surface area contributed by atoms with E-state index in [4.69, 9.17) is 0 Å². The van der Waals surface area contributed by atoms with Crippen LogP contribution in [0.15, 0.2) is 108 Å². The second-order valence-electron chi connectivity index (χ2n) is 12.0. The quantitative estimate of drug-likeness (QED) is 0.149. The minimum atomic E-state index is -0.0521. The van der Waals surface area contributed by atoms with Crippen molar-refractivity contribution >= 4 is 59.4 Å². The maximum absolute atomic E-state index is 4.55. The third-order valence-electron chi connectivity index (χ3n) is 9.73. The molecule has 204 valence electrons. The Morgan fingerprint density at radius 1 is 0.548 bits per heavy atom. The molecule has 1 aliphatic rings. The van der Waals surface area contributed by atoms with Gasteiger partial charge in [0.1, 0.15) is 0 Å². The highest BCUT2D eigenvalue weighted by atomic mass is 32.2. The summed E-state index contributed by atoms with van der Waals surface area (Å²) in [5.41, 5.74) is 10.7. The van der Waals surface area contributed by atoms with Gasteiger partial charge in [0.05, 0.1) is 0 Å². The molecule has 1 aliphatic carbocycles. The molecular weight excluding hydrogens is 525 g/mol. The van der Waals surface area contributed by atoms with Crippen LogP contribution in [0.2, 0.25) is 0 Å². The van der Waals surface area contributed by atoms with E-state index in [-0.39, 0.29) is 10.5 Å². The van der Waals surface area contributed by atoms with Gasteiger partial charge in [-0.05, 0) is 131 Å². The molecule has 1 heteroatoms. The van der Waals surface area contributed by atoms with Gasteiger partial charge in [-0.25, -0.2) is 0 Å². The van der Waals surface area contributed by atoms with Crippen LogP contribution in [-0.2, 0) is 0 Å². The Morgan fingerprint density at radius 2 is 1.07 bits per heavy atom. The highest BCUT2D eigenvalue weighted by Gasteiger charge is 2.23. The number of benzene rings is 7. The van der Waals surface area contributed by atoms with E-state index in [9.17, 15) is 0 Å². The summed E-state index contributed by atoms with van der Waals surface area (Å²) in [6, 6.07) is 39.8. The van der Waals surface area contributed by atoms with Gasteiger partial charge in [0.2, 0.25) is 0 Å². The Hall–Kier alpha value is -4.20. The largest absolute Gasteiger partial charge is 0.162 e. The van der Waals surface area contributed by atoms with Crippen LogP contribution in [-0.4, -0.2) is 11.6 Å². The maximum Gasteiger partial charge on any atom is 0.00614 e. The first-order chi connectivity index (χ1) is 20.4. The number of hydrogen-bond acceptors (Lipinski definition) is 0. The Kier molecular flexibility index (Phi) is 5.71. The van der Waals surface area contributed by atoms with Crippen molar-refractivity contribution in [3.63, 3.8) is 0 Å².